The van der Waals surface area contributed by atoms with Gasteiger partial charge in [0.1, 0.15) is 5.75 Å². The van der Waals surface area contributed by atoms with Crippen molar-refractivity contribution in [3.8, 4) is 5.75 Å². The highest BCUT2D eigenvalue weighted by atomic mass is 16.5. The van der Waals surface area contributed by atoms with E-state index in [-0.39, 0.29) is 17.6 Å². The van der Waals surface area contributed by atoms with Crippen molar-refractivity contribution < 1.29 is 19.0 Å². The molecule has 1 saturated heterocycles. The Morgan fingerprint density at radius 1 is 1.35 bits per heavy atom. The van der Waals surface area contributed by atoms with Crippen LogP contribution in [0.3, 0.4) is 0 Å². The third kappa shape index (κ3) is 5.22. The smallest absolute Gasteiger partial charge is 0.227 e. The number of amides is 1. The lowest BCUT2D eigenvalue weighted by Gasteiger charge is -2.42. The van der Waals surface area contributed by atoms with Gasteiger partial charge in [-0.3, -0.25) is 4.79 Å². The molecule has 5 heteroatoms. The molecule has 1 fully saturated rings. The molecule has 0 aromatic heterocycles. The topological polar surface area (TPSA) is 48.0 Å². The first-order valence-corrected chi connectivity index (χ1v) is 8.10. The highest BCUT2D eigenvalue weighted by Gasteiger charge is 2.35. The molecule has 0 spiro atoms. The van der Waals surface area contributed by atoms with Crippen LogP contribution in [0.15, 0.2) is 24.3 Å². The maximum absolute atomic E-state index is 12.6. The van der Waals surface area contributed by atoms with Crippen LogP contribution < -0.4 is 4.74 Å². The fourth-order valence-corrected chi connectivity index (χ4v) is 2.91. The molecule has 1 aromatic rings. The Hall–Kier alpha value is -1.59. The number of ether oxygens (including phenoxy) is 3. The summed E-state index contributed by atoms with van der Waals surface area (Å²) in [7, 11) is 1.65. The van der Waals surface area contributed by atoms with Crippen LogP contribution in [-0.4, -0.2) is 55.9 Å². The number of carbonyl (C=O) groups is 1. The van der Waals surface area contributed by atoms with Gasteiger partial charge in [0.25, 0.3) is 0 Å². The maximum Gasteiger partial charge on any atom is 0.227 e. The minimum atomic E-state index is -0.351. The lowest BCUT2D eigenvalue weighted by atomic mass is 10.0. The fourth-order valence-electron chi connectivity index (χ4n) is 2.91. The Bertz CT molecular complexity index is 512. The van der Waals surface area contributed by atoms with Gasteiger partial charge in [-0.15, -0.1) is 0 Å². The Kier molecular flexibility index (Phi) is 6.02. The minimum absolute atomic E-state index is 0.0759. The number of methoxy groups -OCH3 is 1. The van der Waals surface area contributed by atoms with E-state index in [1.54, 1.807) is 7.11 Å². The van der Waals surface area contributed by atoms with Crippen LogP contribution >= 0.6 is 0 Å². The van der Waals surface area contributed by atoms with Gasteiger partial charge in [-0.1, -0.05) is 12.1 Å². The van der Waals surface area contributed by atoms with Gasteiger partial charge in [0.05, 0.1) is 31.3 Å². The van der Waals surface area contributed by atoms with Crippen LogP contribution in [0.25, 0.3) is 0 Å². The fraction of sp³-hybridized carbons (Fsp3) is 0.611. The predicted molar refractivity (Wildman–Crippen MR) is 88.7 cm³/mol. The number of carbonyl (C=O) groups excluding carboxylic acids is 1. The van der Waals surface area contributed by atoms with E-state index in [0.29, 0.717) is 32.7 Å². The maximum atomic E-state index is 12.6. The van der Waals surface area contributed by atoms with E-state index in [4.69, 9.17) is 14.2 Å². The lowest BCUT2D eigenvalue weighted by molar-refractivity contribution is -0.168. The summed E-state index contributed by atoms with van der Waals surface area (Å²) in [5.41, 5.74) is 0.640. The van der Waals surface area contributed by atoms with Gasteiger partial charge < -0.3 is 19.1 Å². The van der Waals surface area contributed by atoms with Gasteiger partial charge in [-0.2, -0.15) is 0 Å². The minimum Gasteiger partial charge on any atom is -0.494 e. The normalized spacial score (nSPS) is 20.3. The van der Waals surface area contributed by atoms with Gasteiger partial charge in [0.15, 0.2) is 0 Å². The average Bonchev–Trinajstić information content (AvgIpc) is 2.48. The van der Waals surface area contributed by atoms with Crippen LogP contribution in [0.1, 0.15) is 26.3 Å². The molecule has 0 radical (unpaired) electrons. The van der Waals surface area contributed by atoms with Crippen LogP contribution in [0.5, 0.6) is 5.75 Å². The molecule has 5 nitrogen and oxygen atoms in total. The highest BCUT2D eigenvalue weighted by molar-refractivity contribution is 5.79. The third-order valence-corrected chi connectivity index (χ3v) is 3.78. The summed E-state index contributed by atoms with van der Waals surface area (Å²) >= 11 is 0. The van der Waals surface area contributed by atoms with Crippen molar-refractivity contribution in [3.63, 3.8) is 0 Å². The summed E-state index contributed by atoms with van der Waals surface area (Å²) in [4.78, 5) is 14.5. The van der Waals surface area contributed by atoms with E-state index in [0.717, 1.165) is 11.3 Å². The molecule has 1 aliphatic heterocycles. The Labute approximate surface area is 138 Å². The number of nitrogens with zero attached hydrogens (tertiary/aromatic N) is 1. The molecule has 1 aromatic carbocycles. The van der Waals surface area contributed by atoms with Crippen molar-refractivity contribution in [3.05, 3.63) is 29.8 Å². The monoisotopic (exact) mass is 321 g/mol. The van der Waals surface area contributed by atoms with Gasteiger partial charge in [0.2, 0.25) is 5.91 Å². The van der Waals surface area contributed by atoms with Crippen molar-refractivity contribution in [2.75, 3.05) is 33.4 Å². The Morgan fingerprint density at radius 3 is 2.65 bits per heavy atom. The van der Waals surface area contributed by atoms with E-state index < -0.39 is 0 Å². The SMILES string of the molecule is CCOc1ccc(CC(=O)N2C[C@H](COC)OC(C)(C)C2)cc1. The molecule has 23 heavy (non-hydrogen) atoms. The predicted octanol–water partition coefficient (Wildman–Crippen LogP) is 2.28. The molecule has 2 rings (SSSR count). The zero-order valence-corrected chi connectivity index (χ0v) is 14.5. The van der Waals surface area contributed by atoms with Gasteiger partial charge in [0, 0.05) is 20.2 Å². The van der Waals surface area contributed by atoms with E-state index >= 15 is 0 Å². The molecular formula is C18H27NO4. The van der Waals surface area contributed by atoms with Gasteiger partial charge in [-0.05, 0) is 38.5 Å². The van der Waals surface area contributed by atoms with Crippen LogP contribution in [-0.2, 0) is 20.7 Å². The molecule has 0 bridgehead atoms. The van der Waals surface area contributed by atoms with Gasteiger partial charge >= 0.3 is 0 Å². The molecule has 1 heterocycles. The second-order valence-electron chi connectivity index (χ2n) is 6.48. The first-order chi connectivity index (χ1) is 10.9. The van der Waals surface area contributed by atoms with Gasteiger partial charge in [-0.25, -0.2) is 0 Å². The molecule has 1 amide bonds. The molecule has 128 valence electrons. The number of hydrogen-bond acceptors (Lipinski definition) is 4. The summed E-state index contributed by atoms with van der Waals surface area (Å²) in [6, 6.07) is 7.70. The molecule has 1 atom stereocenters. The first kappa shape index (κ1) is 17.8. The van der Waals surface area contributed by atoms with Crippen LogP contribution in [0.2, 0.25) is 0 Å². The average molecular weight is 321 g/mol. The second kappa shape index (κ2) is 7.79. The molecule has 0 saturated carbocycles. The third-order valence-electron chi connectivity index (χ3n) is 3.78. The van der Waals surface area contributed by atoms with E-state index in [9.17, 15) is 4.79 Å². The largest absolute Gasteiger partial charge is 0.494 e. The second-order valence-corrected chi connectivity index (χ2v) is 6.48. The highest BCUT2D eigenvalue weighted by Crippen LogP contribution is 2.22. The summed E-state index contributed by atoms with van der Waals surface area (Å²) < 4.78 is 16.6. The van der Waals surface area contributed by atoms with E-state index in [2.05, 4.69) is 0 Å². The number of hydrogen-bond donors (Lipinski definition) is 0. The number of rotatable bonds is 6. The lowest BCUT2D eigenvalue weighted by Crippen LogP contribution is -2.56. The number of benzene rings is 1. The standard InChI is InChI=1S/C18H27NO4/c1-5-22-15-8-6-14(7-9-15)10-17(20)19-11-16(12-21-4)23-18(2,3)13-19/h6-9,16H,5,10-13H2,1-4H3/t16-/m1/s1. The summed E-state index contributed by atoms with van der Waals surface area (Å²) in [6.07, 6.45) is 0.315. The van der Waals surface area contributed by atoms with E-state index in [1.165, 1.54) is 0 Å². The van der Waals surface area contributed by atoms with Crippen molar-refractivity contribution >= 4 is 5.91 Å². The van der Waals surface area contributed by atoms with E-state index in [1.807, 2.05) is 49.9 Å². The van der Waals surface area contributed by atoms with Crippen molar-refractivity contribution in [2.24, 2.45) is 0 Å². The van der Waals surface area contributed by atoms with Crippen LogP contribution in [0, 0.1) is 0 Å². The summed E-state index contributed by atoms with van der Waals surface area (Å²) in [5, 5.41) is 0. The molecule has 0 unspecified atom stereocenters. The Balaban J connectivity index is 1.98. The first-order valence-electron chi connectivity index (χ1n) is 8.10. The molecule has 0 aliphatic carbocycles. The Morgan fingerprint density at radius 2 is 2.04 bits per heavy atom. The summed E-state index contributed by atoms with van der Waals surface area (Å²) in [5.74, 6) is 0.947. The van der Waals surface area contributed by atoms with Crippen molar-refractivity contribution in [1.29, 1.82) is 0 Å². The van der Waals surface area contributed by atoms with Crippen molar-refractivity contribution in [1.82, 2.24) is 4.90 Å². The number of morpholine rings is 1. The molecular weight excluding hydrogens is 294 g/mol. The zero-order chi connectivity index (χ0) is 16.9. The van der Waals surface area contributed by atoms with Crippen LogP contribution in [0.4, 0.5) is 0 Å². The van der Waals surface area contributed by atoms with Crippen molar-refractivity contribution in [2.45, 2.75) is 38.9 Å². The zero-order valence-electron chi connectivity index (χ0n) is 14.5. The molecule has 1 aliphatic rings. The summed E-state index contributed by atoms with van der Waals surface area (Å²) in [6.45, 7) is 8.28. The molecule has 0 N–H and O–H groups in total. The quantitative estimate of drug-likeness (QED) is 0.806.